The largest absolute Gasteiger partial charge is 0.506 e. The second kappa shape index (κ2) is 9.47. The Balaban J connectivity index is 1.20. The zero-order valence-electron chi connectivity index (χ0n) is 20.5. The molecule has 214 valence electrons. The van der Waals surface area contributed by atoms with Crippen LogP contribution in [-0.4, -0.2) is 76.1 Å². The number of ether oxygens (including phenoxy) is 1. The van der Waals surface area contributed by atoms with Gasteiger partial charge in [0.25, 0.3) is 0 Å². The number of halogens is 2. The van der Waals surface area contributed by atoms with Gasteiger partial charge in [0, 0.05) is 18.5 Å². The normalized spacial score (nSPS) is 23.4. The minimum atomic E-state index is -4.86. The molecular formula is C22H23ClFN5O9P2. The van der Waals surface area contributed by atoms with Crippen molar-refractivity contribution < 1.29 is 47.7 Å². The van der Waals surface area contributed by atoms with Crippen molar-refractivity contribution in [2.45, 2.75) is 25.2 Å². The summed E-state index contributed by atoms with van der Waals surface area (Å²) < 4.78 is 48.3. The van der Waals surface area contributed by atoms with E-state index < -0.39 is 51.6 Å². The number of hydrogen-bond acceptors (Lipinski definition) is 10. The molecule has 6 rings (SSSR count). The van der Waals surface area contributed by atoms with Crippen molar-refractivity contribution in [2.75, 3.05) is 30.5 Å². The number of benzene rings is 1. The van der Waals surface area contributed by atoms with Crippen molar-refractivity contribution in [1.82, 2.24) is 19.5 Å². The van der Waals surface area contributed by atoms with Crippen LogP contribution in [0.3, 0.4) is 0 Å². The van der Waals surface area contributed by atoms with E-state index in [1.165, 1.54) is 17.0 Å². The molecule has 2 unspecified atom stereocenters. The van der Waals surface area contributed by atoms with Crippen molar-refractivity contribution in [3.63, 3.8) is 0 Å². The molecule has 1 fully saturated rings. The van der Waals surface area contributed by atoms with Gasteiger partial charge in [0.05, 0.1) is 0 Å². The lowest BCUT2D eigenvalue weighted by Gasteiger charge is -2.49. The first-order valence-electron chi connectivity index (χ1n) is 11.9. The van der Waals surface area contributed by atoms with Gasteiger partial charge in [0.15, 0.2) is 40.5 Å². The van der Waals surface area contributed by atoms with E-state index >= 15 is 0 Å². The monoisotopic (exact) mass is 617 g/mol. The summed E-state index contributed by atoms with van der Waals surface area (Å²) in [6, 6.07) is 4.85. The SMILES string of the molecule is O=P(O)(O)CP(=O)(O)OCC1=C(O)C(O)[C@H](n2cnc3c(N4CC5(Cc6ccc(F)cc6C5)C4)nc(Cl)nc32)O1. The van der Waals surface area contributed by atoms with Gasteiger partial charge in [-0.15, -0.1) is 0 Å². The maximum Gasteiger partial charge on any atom is 0.340 e. The van der Waals surface area contributed by atoms with Crippen LogP contribution in [0.25, 0.3) is 11.2 Å². The lowest BCUT2D eigenvalue weighted by Crippen LogP contribution is -2.57. The van der Waals surface area contributed by atoms with Crippen LogP contribution in [-0.2, 0) is 31.2 Å². The molecule has 14 nitrogen and oxygen atoms in total. The molecule has 0 amide bonds. The van der Waals surface area contributed by atoms with Crippen molar-refractivity contribution in [3.05, 3.63) is 58.3 Å². The van der Waals surface area contributed by atoms with Crippen LogP contribution < -0.4 is 4.90 Å². The second-order valence-electron chi connectivity index (χ2n) is 10.2. The molecule has 1 aromatic carbocycles. The van der Waals surface area contributed by atoms with Gasteiger partial charge in [-0.2, -0.15) is 9.97 Å². The average Bonchev–Trinajstić information content (AvgIpc) is 3.49. The molecular weight excluding hydrogens is 595 g/mol. The summed E-state index contributed by atoms with van der Waals surface area (Å²) in [6.45, 7) is 0.407. The molecule has 1 saturated heterocycles. The van der Waals surface area contributed by atoms with Crippen LogP contribution in [0.1, 0.15) is 17.4 Å². The van der Waals surface area contributed by atoms with E-state index in [2.05, 4.69) is 15.0 Å². The fourth-order valence-corrected chi connectivity index (χ4v) is 8.21. The van der Waals surface area contributed by atoms with Gasteiger partial charge in [-0.25, -0.2) is 9.37 Å². The molecule has 4 heterocycles. The van der Waals surface area contributed by atoms with Crippen molar-refractivity contribution in [2.24, 2.45) is 5.41 Å². The Morgan fingerprint density at radius 3 is 2.62 bits per heavy atom. The Morgan fingerprint density at radius 2 is 1.90 bits per heavy atom. The highest BCUT2D eigenvalue weighted by Gasteiger charge is 2.48. The summed E-state index contributed by atoms with van der Waals surface area (Å²) in [4.78, 5) is 42.5. The third-order valence-electron chi connectivity index (χ3n) is 7.16. The van der Waals surface area contributed by atoms with E-state index in [9.17, 15) is 28.6 Å². The number of aliphatic hydroxyl groups is 2. The third kappa shape index (κ3) is 5.01. The first-order valence-corrected chi connectivity index (χ1v) is 15.9. The zero-order chi connectivity index (χ0) is 28.6. The fourth-order valence-electron chi connectivity index (χ4n) is 5.54. The molecule has 1 spiro atoms. The topological polar surface area (TPSA) is 201 Å². The van der Waals surface area contributed by atoms with E-state index in [-0.39, 0.29) is 22.2 Å². The Bertz CT molecular complexity index is 1660. The standard InChI is InChI=1S/C22H23ClFN5O9P2/c23-21-26-18(28-7-22(8-28)4-11-1-2-13(24)3-12(11)5-22)15-19(27-21)29(9-25-15)20-17(31)16(30)14(38-20)6-37-40(35,36)10-39(32,33)34/h1-3,9,17,20,30-31H,4-8,10H2,(H,35,36)(H2,32,33,34)/t17?,20-/m1/s1. The number of anilines is 1. The Morgan fingerprint density at radius 1 is 1.18 bits per heavy atom. The maximum absolute atomic E-state index is 13.7. The van der Waals surface area contributed by atoms with E-state index in [1.54, 1.807) is 6.07 Å². The van der Waals surface area contributed by atoms with Crippen LogP contribution in [0, 0.1) is 11.2 Å². The smallest absolute Gasteiger partial charge is 0.340 e. The molecule has 18 heteroatoms. The van der Waals surface area contributed by atoms with E-state index in [1.807, 2.05) is 11.0 Å². The quantitative estimate of drug-likeness (QED) is 0.191. The van der Waals surface area contributed by atoms with Crippen LogP contribution in [0.15, 0.2) is 36.0 Å². The van der Waals surface area contributed by atoms with Gasteiger partial charge in [0.2, 0.25) is 11.5 Å². The molecule has 2 aliphatic heterocycles. The van der Waals surface area contributed by atoms with Crippen molar-refractivity contribution in [3.8, 4) is 0 Å². The van der Waals surface area contributed by atoms with Crippen LogP contribution in [0.5, 0.6) is 0 Å². The number of nitrogens with zero attached hydrogens (tertiary/aromatic N) is 5. The number of rotatable bonds is 7. The molecule has 0 bridgehead atoms. The molecule has 1 aliphatic carbocycles. The van der Waals surface area contributed by atoms with Gasteiger partial charge >= 0.3 is 15.2 Å². The van der Waals surface area contributed by atoms with Crippen molar-refractivity contribution in [1.29, 1.82) is 0 Å². The molecule has 3 aromatic rings. The Hall–Kier alpha value is -2.61. The molecule has 0 saturated carbocycles. The fraction of sp³-hybridized carbons (Fsp3) is 0.409. The number of aromatic nitrogens is 4. The molecule has 2 aromatic heterocycles. The molecule has 0 radical (unpaired) electrons. The average molecular weight is 618 g/mol. The van der Waals surface area contributed by atoms with Crippen LogP contribution in [0.4, 0.5) is 10.2 Å². The summed E-state index contributed by atoms with van der Waals surface area (Å²) in [6.07, 6.45) is -0.122. The third-order valence-corrected chi connectivity index (χ3v) is 10.8. The summed E-state index contributed by atoms with van der Waals surface area (Å²) >= 11 is 6.24. The predicted molar refractivity (Wildman–Crippen MR) is 137 cm³/mol. The minimum absolute atomic E-state index is 0.0657. The van der Waals surface area contributed by atoms with Crippen LogP contribution in [0.2, 0.25) is 5.28 Å². The first-order chi connectivity index (χ1) is 18.7. The van der Waals surface area contributed by atoms with Gasteiger partial charge in [-0.1, -0.05) is 6.07 Å². The number of aliphatic hydroxyl groups excluding tert-OH is 2. The molecule has 40 heavy (non-hydrogen) atoms. The van der Waals surface area contributed by atoms with E-state index in [4.69, 9.17) is 30.6 Å². The number of hydrogen-bond donors (Lipinski definition) is 5. The summed E-state index contributed by atoms with van der Waals surface area (Å²) in [7, 11) is -9.60. The lowest BCUT2D eigenvalue weighted by molar-refractivity contribution is -0.0112. The summed E-state index contributed by atoms with van der Waals surface area (Å²) in [5, 5.41) is 20.9. The van der Waals surface area contributed by atoms with Gasteiger partial charge in [-0.05, 0) is 47.7 Å². The van der Waals surface area contributed by atoms with Gasteiger partial charge < -0.3 is 34.5 Å². The van der Waals surface area contributed by atoms with Crippen LogP contribution >= 0.6 is 26.8 Å². The lowest BCUT2D eigenvalue weighted by atomic mass is 9.77. The highest BCUT2D eigenvalue weighted by Crippen LogP contribution is 2.55. The minimum Gasteiger partial charge on any atom is -0.506 e. The Labute approximate surface area is 230 Å². The Kier molecular flexibility index (Phi) is 6.52. The molecule has 3 atom stereocenters. The van der Waals surface area contributed by atoms with E-state index in [0.717, 1.165) is 24.0 Å². The second-order valence-corrected chi connectivity index (χ2v) is 14.6. The number of fused-ring (bicyclic) bond motifs is 2. The zero-order valence-corrected chi connectivity index (χ0v) is 23.0. The highest BCUT2D eigenvalue weighted by atomic mass is 35.5. The maximum atomic E-state index is 13.7. The number of imidazole rings is 1. The van der Waals surface area contributed by atoms with Gasteiger partial charge in [0.1, 0.15) is 18.8 Å². The van der Waals surface area contributed by atoms with E-state index in [0.29, 0.717) is 24.4 Å². The predicted octanol–water partition coefficient (Wildman–Crippen LogP) is 2.22. The summed E-state index contributed by atoms with van der Waals surface area (Å²) in [5.41, 5.74) is 2.58. The van der Waals surface area contributed by atoms with Crippen molar-refractivity contribution >= 4 is 43.8 Å². The van der Waals surface area contributed by atoms with Gasteiger partial charge in [-0.3, -0.25) is 18.2 Å². The highest BCUT2D eigenvalue weighted by molar-refractivity contribution is 7.70. The summed E-state index contributed by atoms with van der Waals surface area (Å²) in [5.74, 6) is -2.36. The molecule has 5 N–H and O–H groups in total. The molecule has 3 aliphatic rings. The first kappa shape index (κ1) is 27.6.